The van der Waals surface area contributed by atoms with Crippen LogP contribution in [0.3, 0.4) is 0 Å². The molecule has 4 heteroatoms. The lowest BCUT2D eigenvalue weighted by Crippen LogP contribution is -2.00. The van der Waals surface area contributed by atoms with Crippen molar-refractivity contribution in [2.75, 3.05) is 0 Å². The van der Waals surface area contributed by atoms with E-state index in [2.05, 4.69) is 0 Å². The van der Waals surface area contributed by atoms with Gasteiger partial charge in [-0.25, -0.2) is 0 Å². The highest BCUT2D eigenvalue weighted by atomic mass is 16.6. The topological polar surface area (TPSA) is 60.2 Å². The molecule has 14 heavy (non-hydrogen) atoms. The molecule has 0 spiro atoms. The van der Waals surface area contributed by atoms with E-state index in [1.807, 2.05) is 0 Å². The highest BCUT2D eigenvalue weighted by Crippen LogP contribution is 2.18. The quantitative estimate of drug-likeness (QED) is 0.319. The van der Waals surface area contributed by atoms with Crippen LogP contribution in [0.15, 0.2) is 36.4 Å². The van der Waals surface area contributed by atoms with Crippen molar-refractivity contribution >= 4 is 11.5 Å². The zero-order valence-corrected chi connectivity index (χ0v) is 7.64. The number of allylic oxidation sites excluding steroid dienone is 2. The van der Waals surface area contributed by atoms with Gasteiger partial charge in [0.15, 0.2) is 5.78 Å². The number of ketones is 1. The maximum Gasteiger partial charge on any atom is 0.280 e. The SMILES string of the molecule is C/C=C/C(=O)c1ccccc1[N+](=O)[O-]. The molecule has 0 aliphatic rings. The molecule has 0 saturated carbocycles. The van der Waals surface area contributed by atoms with Gasteiger partial charge >= 0.3 is 0 Å². The van der Waals surface area contributed by atoms with Gasteiger partial charge in [-0.15, -0.1) is 0 Å². The summed E-state index contributed by atoms with van der Waals surface area (Å²) in [5, 5.41) is 10.6. The summed E-state index contributed by atoms with van der Waals surface area (Å²) >= 11 is 0. The molecule has 1 aromatic rings. The highest BCUT2D eigenvalue weighted by molar-refractivity contribution is 6.07. The van der Waals surface area contributed by atoms with Gasteiger partial charge < -0.3 is 0 Å². The van der Waals surface area contributed by atoms with E-state index in [1.54, 1.807) is 19.1 Å². The summed E-state index contributed by atoms with van der Waals surface area (Å²) in [7, 11) is 0. The van der Waals surface area contributed by atoms with E-state index in [9.17, 15) is 14.9 Å². The molecule has 0 aliphatic heterocycles. The Morgan fingerprint density at radius 2 is 2.07 bits per heavy atom. The van der Waals surface area contributed by atoms with Crippen molar-refractivity contribution in [1.82, 2.24) is 0 Å². The normalized spacial score (nSPS) is 10.4. The number of nitro benzene ring substituents is 1. The van der Waals surface area contributed by atoms with Crippen LogP contribution in [0, 0.1) is 10.1 Å². The van der Waals surface area contributed by atoms with E-state index >= 15 is 0 Å². The smallest absolute Gasteiger partial charge is 0.280 e. The lowest BCUT2D eigenvalue weighted by Gasteiger charge is -1.97. The largest absolute Gasteiger partial charge is 0.289 e. The first-order chi connectivity index (χ1) is 6.66. The standard InChI is InChI=1S/C10H9NO3/c1-2-5-10(12)8-6-3-4-7-9(8)11(13)14/h2-7H,1H3/b5-2+. The molecule has 0 amide bonds. The molecule has 0 aromatic heterocycles. The maximum absolute atomic E-state index is 11.4. The molecule has 4 nitrogen and oxygen atoms in total. The summed E-state index contributed by atoms with van der Waals surface area (Å²) in [6.45, 7) is 1.69. The molecular formula is C10H9NO3. The van der Waals surface area contributed by atoms with Crippen LogP contribution in [0.2, 0.25) is 0 Å². The number of nitrogens with zero attached hydrogens (tertiary/aromatic N) is 1. The summed E-state index contributed by atoms with van der Waals surface area (Å²) in [4.78, 5) is 21.4. The highest BCUT2D eigenvalue weighted by Gasteiger charge is 2.16. The van der Waals surface area contributed by atoms with Gasteiger partial charge in [-0.3, -0.25) is 14.9 Å². The summed E-state index contributed by atoms with van der Waals surface area (Å²) in [5.41, 5.74) is -0.0359. The third kappa shape index (κ3) is 2.04. The van der Waals surface area contributed by atoms with Gasteiger partial charge in [0, 0.05) is 6.07 Å². The number of rotatable bonds is 3. The summed E-state index contributed by atoms with van der Waals surface area (Å²) < 4.78 is 0. The number of para-hydroxylation sites is 1. The first-order valence-corrected chi connectivity index (χ1v) is 4.07. The van der Waals surface area contributed by atoms with Gasteiger partial charge in [-0.2, -0.15) is 0 Å². The van der Waals surface area contributed by atoms with E-state index in [-0.39, 0.29) is 17.0 Å². The van der Waals surface area contributed by atoms with Crippen LogP contribution < -0.4 is 0 Å². The molecule has 0 heterocycles. The molecule has 1 rings (SSSR count). The maximum atomic E-state index is 11.4. The minimum atomic E-state index is -0.559. The van der Waals surface area contributed by atoms with Crippen LogP contribution in [0.25, 0.3) is 0 Å². The third-order valence-corrected chi connectivity index (χ3v) is 1.68. The predicted octanol–water partition coefficient (Wildman–Crippen LogP) is 2.35. The van der Waals surface area contributed by atoms with Crippen molar-refractivity contribution in [2.45, 2.75) is 6.92 Å². The molecule has 1 aromatic carbocycles. The Morgan fingerprint density at radius 3 is 2.64 bits per heavy atom. The van der Waals surface area contributed by atoms with Crippen LogP contribution in [0.1, 0.15) is 17.3 Å². The molecule has 72 valence electrons. The van der Waals surface area contributed by atoms with E-state index in [0.29, 0.717) is 0 Å². The zero-order chi connectivity index (χ0) is 10.6. The third-order valence-electron chi connectivity index (χ3n) is 1.68. The lowest BCUT2D eigenvalue weighted by molar-refractivity contribution is -0.385. The van der Waals surface area contributed by atoms with Crippen LogP contribution in [-0.4, -0.2) is 10.7 Å². The lowest BCUT2D eigenvalue weighted by atomic mass is 10.1. The zero-order valence-electron chi connectivity index (χ0n) is 7.64. The Bertz CT molecular complexity index is 396. The van der Waals surface area contributed by atoms with Crippen LogP contribution in [0.4, 0.5) is 5.69 Å². The summed E-state index contributed by atoms with van der Waals surface area (Å²) in [6.07, 6.45) is 2.86. The Labute approximate surface area is 81.0 Å². The van der Waals surface area contributed by atoms with E-state index < -0.39 is 4.92 Å². The first kappa shape index (κ1) is 10.1. The van der Waals surface area contributed by atoms with Crippen molar-refractivity contribution < 1.29 is 9.72 Å². The number of hydrogen-bond donors (Lipinski definition) is 0. The summed E-state index contributed by atoms with van der Waals surface area (Å²) in [5.74, 6) is -0.347. The molecular weight excluding hydrogens is 182 g/mol. The molecule has 0 fully saturated rings. The van der Waals surface area contributed by atoms with Crippen molar-refractivity contribution in [1.29, 1.82) is 0 Å². The molecule has 0 aliphatic carbocycles. The second-order valence-corrected chi connectivity index (χ2v) is 2.64. The van der Waals surface area contributed by atoms with Gasteiger partial charge in [0.1, 0.15) is 0 Å². The van der Waals surface area contributed by atoms with Crippen molar-refractivity contribution in [3.63, 3.8) is 0 Å². The number of carbonyl (C=O) groups excluding carboxylic acids is 1. The minimum Gasteiger partial charge on any atom is -0.289 e. The molecule has 0 bridgehead atoms. The predicted molar refractivity (Wildman–Crippen MR) is 52.2 cm³/mol. The van der Waals surface area contributed by atoms with E-state index in [1.165, 1.54) is 24.3 Å². The van der Waals surface area contributed by atoms with Crippen LogP contribution in [0.5, 0.6) is 0 Å². The average Bonchev–Trinajstić information content (AvgIpc) is 2.18. The van der Waals surface area contributed by atoms with E-state index in [0.717, 1.165) is 0 Å². The molecule has 0 N–H and O–H groups in total. The molecule has 0 unspecified atom stereocenters. The van der Waals surface area contributed by atoms with Crippen molar-refractivity contribution in [2.24, 2.45) is 0 Å². The number of hydrogen-bond acceptors (Lipinski definition) is 3. The number of carbonyl (C=O) groups is 1. The second-order valence-electron chi connectivity index (χ2n) is 2.64. The van der Waals surface area contributed by atoms with Gasteiger partial charge in [0.2, 0.25) is 0 Å². The number of benzene rings is 1. The first-order valence-electron chi connectivity index (χ1n) is 4.07. The Hall–Kier alpha value is -1.97. The monoisotopic (exact) mass is 191 g/mol. The van der Waals surface area contributed by atoms with Gasteiger partial charge in [0.05, 0.1) is 10.5 Å². The minimum absolute atomic E-state index is 0.121. The fourth-order valence-electron chi connectivity index (χ4n) is 1.08. The van der Waals surface area contributed by atoms with Crippen molar-refractivity contribution in [3.05, 3.63) is 52.1 Å². The van der Waals surface area contributed by atoms with Gasteiger partial charge in [0.25, 0.3) is 5.69 Å². The Kier molecular flexibility index (Phi) is 3.12. The Morgan fingerprint density at radius 1 is 1.43 bits per heavy atom. The fraction of sp³-hybridized carbons (Fsp3) is 0.100. The van der Waals surface area contributed by atoms with Gasteiger partial charge in [-0.05, 0) is 19.1 Å². The fourth-order valence-corrected chi connectivity index (χ4v) is 1.08. The average molecular weight is 191 g/mol. The Balaban J connectivity index is 3.20. The van der Waals surface area contributed by atoms with Crippen LogP contribution in [-0.2, 0) is 0 Å². The van der Waals surface area contributed by atoms with E-state index in [4.69, 9.17) is 0 Å². The van der Waals surface area contributed by atoms with Crippen LogP contribution >= 0.6 is 0 Å². The summed E-state index contributed by atoms with van der Waals surface area (Å²) in [6, 6.07) is 5.89. The molecule has 0 radical (unpaired) electrons. The molecule has 0 saturated heterocycles. The molecule has 0 atom stereocenters. The van der Waals surface area contributed by atoms with Gasteiger partial charge in [-0.1, -0.05) is 18.2 Å². The van der Waals surface area contributed by atoms with Crippen molar-refractivity contribution in [3.8, 4) is 0 Å². The number of nitro groups is 1. The second kappa shape index (κ2) is 4.32.